The van der Waals surface area contributed by atoms with Crippen LogP contribution in [0.25, 0.3) is 0 Å². The molecule has 27 heavy (non-hydrogen) atoms. The maximum absolute atomic E-state index is 12.8. The number of amides is 1. The third-order valence-electron chi connectivity index (χ3n) is 3.71. The van der Waals surface area contributed by atoms with Crippen molar-refractivity contribution in [2.24, 2.45) is 0 Å². The van der Waals surface area contributed by atoms with Crippen LogP contribution >= 0.6 is 0 Å². The molecular weight excluding hydrogens is 353 g/mol. The van der Waals surface area contributed by atoms with Crippen LogP contribution in [0.3, 0.4) is 0 Å². The molecule has 0 aliphatic carbocycles. The monoisotopic (exact) mass is 375 g/mol. The smallest absolute Gasteiger partial charge is 0.347 e. The number of esters is 1. The van der Waals surface area contributed by atoms with Gasteiger partial charge >= 0.3 is 5.97 Å². The van der Waals surface area contributed by atoms with Crippen molar-refractivity contribution in [1.82, 2.24) is 5.32 Å². The first kappa shape index (κ1) is 20.2. The number of hydrogen-bond donors (Lipinski definition) is 1. The van der Waals surface area contributed by atoms with E-state index in [4.69, 9.17) is 14.2 Å². The van der Waals surface area contributed by atoms with E-state index in [0.717, 1.165) is 11.3 Å². The lowest BCUT2D eigenvalue weighted by Gasteiger charge is -2.14. The summed E-state index contributed by atoms with van der Waals surface area (Å²) in [4.78, 5) is 23.7. The number of halogens is 1. The van der Waals surface area contributed by atoms with Gasteiger partial charge in [0.2, 0.25) is 0 Å². The van der Waals surface area contributed by atoms with Gasteiger partial charge in [-0.05, 0) is 49.2 Å². The minimum absolute atomic E-state index is 0.335. The van der Waals surface area contributed by atoms with Crippen molar-refractivity contribution >= 4 is 11.9 Å². The second kappa shape index (κ2) is 10.2. The van der Waals surface area contributed by atoms with Crippen LogP contribution in [0.4, 0.5) is 4.39 Å². The Kier molecular flexibility index (Phi) is 7.61. The molecule has 0 aliphatic heterocycles. The van der Waals surface area contributed by atoms with Crippen molar-refractivity contribution in [1.29, 1.82) is 0 Å². The van der Waals surface area contributed by atoms with Crippen LogP contribution in [-0.4, -0.2) is 38.2 Å². The van der Waals surface area contributed by atoms with Gasteiger partial charge in [0.05, 0.1) is 7.11 Å². The number of rotatable bonds is 9. The first-order chi connectivity index (χ1) is 13.0. The van der Waals surface area contributed by atoms with Gasteiger partial charge in [0.25, 0.3) is 5.91 Å². The minimum atomic E-state index is -0.920. The van der Waals surface area contributed by atoms with Crippen molar-refractivity contribution in [2.45, 2.75) is 19.4 Å². The van der Waals surface area contributed by atoms with Gasteiger partial charge in [0.15, 0.2) is 12.7 Å². The summed E-state index contributed by atoms with van der Waals surface area (Å²) >= 11 is 0. The summed E-state index contributed by atoms with van der Waals surface area (Å²) in [5.74, 6) is -0.402. The molecule has 2 aromatic carbocycles. The third kappa shape index (κ3) is 6.62. The molecule has 1 amide bonds. The van der Waals surface area contributed by atoms with Crippen LogP contribution < -0.4 is 14.8 Å². The Morgan fingerprint density at radius 2 is 1.81 bits per heavy atom. The molecule has 2 aromatic rings. The van der Waals surface area contributed by atoms with Crippen molar-refractivity contribution in [3.63, 3.8) is 0 Å². The maximum Gasteiger partial charge on any atom is 0.347 e. The normalized spacial score (nSPS) is 11.4. The molecule has 0 radical (unpaired) electrons. The SMILES string of the molecule is COc1ccccc1CCNC(=O)COC(=O)[C@H](C)Oc1ccc(F)cc1. The van der Waals surface area contributed by atoms with E-state index in [-0.39, 0.29) is 0 Å². The molecule has 7 heteroatoms. The average Bonchev–Trinajstić information content (AvgIpc) is 2.68. The van der Waals surface area contributed by atoms with Gasteiger partial charge < -0.3 is 19.5 Å². The van der Waals surface area contributed by atoms with Gasteiger partial charge in [0, 0.05) is 6.54 Å². The molecule has 144 valence electrons. The number of carbonyl (C=O) groups is 2. The Hall–Kier alpha value is -3.09. The summed E-state index contributed by atoms with van der Waals surface area (Å²) in [5, 5.41) is 2.68. The molecule has 2 rings (SSSR count). The third-order valence-corrected chi connectivity index (χ3v) is 3.71. The second-order valence-electron chi connectivity index (χ2n) is 5.73. The van der Waals surface area contributed by atoms with E-state index in [2.05, 4.69) is 5.32 Å². The van der Waals surface area contributed by atoms with Gasteiger partial charge in [-0.2, -0.15) is 0 Å². The molecule has 1 atom stereocenters. The van der Waals surface area contributed by atoms with Crippen molar-refractivity contribution in [3.8, 4) is 11.5 Å². The van der Waals surface area contributed by atoms with E-state index in [1.54, 1.807) is 7.11 Å². The fraction of sp³-hybridized carbons (Fsp3) is 0.300. The number of para-hydroxylation sites is 1. The highest BCUT2D eigenvalue weighted by molar-refractivity contribution is 5.82. The molecule has 0 spiro atoms. The Balaban J connectivity index is 1.69. The quantitative estimate of drug-likeness (QED) is 0.682. The number of benzene rings is 2. The first-order valence-corrected chi connectivity index (χ1v) is 8.47. The number of ether oxygens (including phenoxy) is 3. The maximum atomic E-state index is 12.8. The molecule has 0 aromatic heterocycles. The molecule has 0 unspecified atom stereocenters. The number of carbonyl (C=O) groups excluding carboxylic acids is 2. The largest absolute Gasteiger partial charge is 0.496 e. The first-order valence-electron chi connectivity index (χ1n) is 8.47. The van der Waals surface area contributed by atoms with E-state index < -0.39 is 30.4 Å². The summed E-state index contributed by atoms with van der Waals surface area (Å²) < 4.78 is 28.4. The van der Waals surface area contributed by atoms with Gasteiger partial charge in [-0.1, -0.05) is 18.2 Å². The molecule has 0 fully saturated rings. The zero-order valence-corrected chi connectivity index (χ0v) is 15.2. The standard InChI is InChI=1S/C20H22FNO5/c1-14(27-17-9-7-16(21)8-10-17)20(24)26-13-19(23)22-12-11-15-5-3-4-6-18(15)25-2/h3-10,14H,11-13H2,1-2H3,(H,22,23)/t14-/m0/s1. The summed E-state index contributed by atoms with van der Waals surface area (Å²) in [7, 11) is 1.59. The van der Waals surface area contributed by atoms with E-state index in [9.17, 15) is 14.0 Å². The van der Waals surface area contributed by atoms with Crippen molar-refractivity contribution in [2.75, 3.05) is 20.3 Å². The topological polar surface area (TPSA) is 73.9 Å². The summed E-state index contributed by atoms with van der Waals surface area (Å²) in [6.07, 6.45) is -0.329. The van der Waals surface area contributed by atoms with Gasteiger partial charge in [-0.3, -0.25) is 4.79 Å². The van der Waals surface area contributed by atoms with Gasteiger partial charge in [0.1, 0.15) is 17.3 Å². The highest BCUT2D eigenvalue weighted by Crippen LogP contribution is 2.17. The van der Waals surface area contributed by atoms with E-state index in [0.29, 0.717) is 18.7 Å². The molecule has 0 saturated carbocycles. The summed E-state index contributed by atoms with van der Waals surface area (Å²) in [6, 6.07) is 12.8. The van der Waals surface area contributed by atoms with Gasteiger partial charge in [-0.15, -0.1) is 0 Å². The van der Waals surface area contributed by atoms with Crippen LogP contribution in [0.15, 0.2) is 48.5 Å². The highest BCUT2D eigenvalue weighted by atomic mass is 19.1. The number of nitrogens with one attached hydrogen (secondary N) is 1. The lowest BCUT2D eigenvalue weighted by molar-refractivity contribution is -0.154. The van der Waals surface area contributed by atoms with E-state index in [1.165, 1.54) is 31.2 Å². The second-order valence-corrected chi connectivity index (χ2v) is 5.73. The van der Waals surface area contributed by atoms with Gasteiger partial charge in [-0.25, -0.2) is 9.18 Å². The van der Waals surface area contributed by atoms with Crippen LogP contribution in [0.1, 0.15) is 12.5 Å². The molecular formula is C20H22FNO5. The highest BCUT2D eigenvalue weighted by Gasteiger charge is 2.17. The zero-order valence-electron chi connectivity index (χ0n) is 15.2. The number of hydrogen-bond acceptors (Lipinski definition) is 5. The number of methoxy groups -OCH3 is 1. The van der Waals surface area contributed by atoms with E-state index >= 15 is 0 Å². The average molecular weight is 375 g/mol. The molecule has 6 nitrogen and oxygen atoms in total. The molecule has 0 bridgehead atoms. The summed E-state index contributed by atoms with van der Waals surface area (Å²) in [5.41, 5.74) is 0.971. The molecule has 0 saturated heterocycles. The Labute approximate surface area is 157 Å². The fourth-order valence-electron chi connectivity index (χ4n) is 2.32. The van der Waals surface area contributed by atoms with Crippen LogP contribution in [0, 0.1) is 5.82 Å². The predicted octanol–water partition coefficient (Wildman–Crippen LogP) is 2.50. The van der Waals surface area contributed by atoms with Crippen LogP contribution in [-0.2, 0) is 20.7 Å². The predicted molar refractivity (Wildman–Crippen MR) is 97.2 cm³/mol. The minimum Gasteiger partial charge on any atom is -0.496 e. The van der Waals surface area contributed by atoms with Crippen molar-refractivity contribution in [3.05, 3.63) is 59.9 Å². The summed E-state index contributed by atoms with van der Waals surface area (Å²) in [6.45, 7) is 1.48. The van der Waals surface area contributed by atoms with Crippen molar-refractivity contribution < 1.29 is 28.2 Å². The Morgan fingerprint density at radius 3 is 2.52 bits per heavy atom. The Bertz CT molecular complexity index is 763. The molecule has 1 N–H and O–H groups in total. The zero-order chi connectivity index (χ0) is 19.6. The van der Waals surface area contributed by atoms with E-state index in [1.807, 2.05) is 24.3 Å². The molecule has 0 aliphatic rings. The fourth-order valence-corrected chi connectivity index (χ4v) is 2.32. The van der Waals surface area contributed by atoms with Crippen LogP contribution in [0.5, 0.6) is 11.5 Å². The molecule has 0 heterocycles. The van der Waals surface area contributed by atoms with Crippen LogP contribution in [0.2, 0.25) is 0 Å². The lowest BCUT2D eigenvalue weighted by atomic mass is 10.1. The Morgan fingerprint density at radius 1 is 1.11 bits per heavy atom. The lowest BCUT2D eigenvalue weighted by Crippen LogP contribution is -2.33.